The van der Waals surface area contributed by atoms with Crippen LogP contribution in [0.4, 0.5) is 4.79 Å². The van der Waals surface area contributed by atoms with Crippen molar-refractivity contribution in [2.75, 3.05) is 6.54 Å². The van der Waals surface area contributed by atoms with Crippen LogP contribution in [0.1, 0.15) is 18.7 Å². The number of aromatic nitrogens is 2. The van der Waals surface area contributed by atoms with E-state index in [0.29, 0.717) is 12.4 Å². The molecule has 0 bridgehead atoms. The molecule has 7 nitrogen and oxygen atoms in total. The standard InChI is InChI=1S/C15H13BrN4O3/c16-10-5-3-9(4-6-10)13-18-17-12(23-13)8-20-14(21)11-2-1-7-19(11)15(20)22/h3-6,11H,1-2,7-8H2/t11-/m0/s1. The predicted molar refractivity (Wildman–Crippen MR) is 83.1 cm³/mol. The molecule has 2 aromatic rings. The van der Waals surface area contributed by atoms with Crippen LogP contribution in [0, 0.1) is 0 Å². The van der Waals surface area contributed by atoms with Crippen LogP contribution < -0.4 is 0 Å². The second-order valence-electron chi connectivity index (χ2n) is 5.57. The average molecular weight is 377 g/mol. The van der Waals surface area contributed by atoms with Gasteiger partial charge in [-0.2, -0.15) is 0 Å². The fraction of sp³-hybridized carbons (Fsp3) is 0.333. The second kappa shape index (κ2) is 5.45. The fourth-order valence-electron chi connectivity index (χ4n) is 2.99. The number of fused-ring (bicyclic) bond motifs is 1. The quantitative estimate of drug-likeness (QED) is 0.768. The highest BCUT2D eigenvalue weighted by molar-refractivity contribution is 9.10. The molecule has 23 heavy (non-hydrogen) atoms. The van der Waals surface area contributed by atoms with E-state index in [0.717, 1.165) is 22.9 Å². The third-order valence-corrected chi connectivity index (χ3v) is 4.66. The molecule has 2 aliphatic heterocycles. The van der Waals surface area contributed by atoms with Crippen LogP contribution in [-0.2, 0) is 11.3 Å². The summed E-state index contributed by atoms with van der Waals surface area (Å²) in [4.78, 5) is 27.4. The van der Waals surface area contributed by atoms with Gasteiger partial charge in [-0.1, -0.05) is 15.9 Å². The Morgan fingerprint density at radius 1 is 1.22 bits per heavy atom. The molecule has 8 heteroatoms. The van der Waals surface area contributed by atoms with Gasteiger partial charge in [0.1, 0.15) is 12.6 Å². The third-order valence-electron chi connectivity index (χ3n) is 4.13. The first-order valence-corrected chi connectivity index (χ1v) is 8.13. The number of hydrogen-bond donors (Lipinski definition) is 0. The van der Waals surface area contributed by atoms with Crippen LogP contribution in [0.5, 0.6) is 0 Å². The first kappa shape index (κ1) is 14.4. The summed E-state index contributed by atoms with van der Waals surface area (Å²) < 4.78 is 6.54. The summed E-state index contributed by atoms with van der Waals surface area (Å²) in [6.45, 7) is 0.661. The third kappa shape index (κ3) is 2.42. The van der Waals surface area contributed by atoms with Gasteiger partial charge in [-0.05, 0) is 37.1 Å². The molecule has 1 atom stereocenters. The topological polar surface area (TPSA) is 79.5 Å². The molecule has 2 aliphatic rings. The Labute approximate surface area is 140 Å². The normalized spacial score (nSPS) is 20.5. The van der Waals surface area contributed by atoms with Crippen molar-refractivity contribution < 1.29 is 14.0 Å². The lowest BCUT2D eigenvalue weighted by molar-refractivity contribution is -0.128. The highest BCUT2D eigenvalue weighted by Gasteiger charge is 2.47. The zero-order chi connectivity index (χ0) is 16.0. The Kier molecular flexibility index (Phi) is 3.41. The smallest absolute Gasteiger partial charge is 0.327 e. The van der Waals surface area contributed by atoms with Crippen molar-refractivity contribution in [1.82, 2.24) is 20.0 Å². The number of hydrogen-bond acceptors (Lipinski definition) is 5. The van der Waals surface area contributed by atoms with Gasteiger partial charge in [-0.25, -0.2) is 4.79 Å². The van der Waals surface area contributed by atoms with Crippen molar-refractivity contribution in [3.8, 4) is 11.5 Å². The van der Waals surface area contributed by atoms with Gasteiger partial charge in [-0.15, -0.1) is 10.2 Å². The van der Waals surface area contributed by atoms with Crippen LogP contribution in [-0.4, -0.2) is 44.5 Å². The molecular weight excluding hydrogens is 364 g/mol. The van der Waals surface area contributed by atoms with Gasteiger partial charge >= 0.3 is 6.03 Å². The molecule has 0 unspecified atom stereocenters. The number of carbonyl (C=O) groups excluding carboxylic acids is 2. The molecule has 1 aromatic carbocycles. The minimum absolute atomic E-state index is 0.0220. The van der Waals surface area contributed by atoms with Crippen LogP contribution in [0.25, 0.3) is 11.5 Å². The number of urea groups is 1. The summed E-state index contributed by atoms with van der Waals surface area (Å²) >= 11 is 3.37. The maximum Gasteiger partial charge on any atom is 0.327 e. The molecule has 2 saturated heterocycles. The number of carbonyl (C=O) groups is 2. The lowest BCUT2D eigenvalue weighted by atomic mass is 10.2. The summed E-state index contributed by atoms with van der Waals surface area (Å²) in [5, 5.41) is 7.93. The predicted octanol–water partition coefficient (Wildman–Crippen LogP) is 2.43. The minimum atomic E-state index is -0.309. The highest BCUT2D eigenvalue weighted by Crippen LogP contribution is 2.29. The van der Waals surface area contributed by atoms with Crippen LogP contribution in [0.2, 0.25) is 0 Å². The van der Waals surface area contributed by atoms with Gasteiger partial charge in [0, 0.05) is 16.6 Å². The van der Waals surface area contributed by atoms with Crippen LogP contribution >= 0.6 is 15.9 Å². The van der Waals surface area contributed by atoms with Crippen molar-refractivity contribution in [2.24, 2.45) is 0 Å². The van der Waals surface area contributed by atoms with E-state index >= 15 is 0 Å². The summed E-state index contributed by atoms with van der Waals surface area (Å²) in [5.74, 6) is 0.453. The van der Waals surface area contributed by atoms with Crippen molar-refractivity contribution in [1.29, 1.82) is 0 Å². The SMILES string of the molecule is O=C1[C@@H]2CCCN2C(=O)N1Cc1nnc(-c2ccc(Br)cc2)o1. The van der Waals surface area contributed by atoms with E-state index in [1.807, 2.05) is 24.3 Å². The summed E-state index contributed by atoms with van der Waals surface area (Å²) in [6.07, 6.45) is 1.61. The van der Waals surface area contributed by atoms with Crippen LogP contribution in [0.3, 0.4) is 0 Å². The Balaban J connectivity index is 1.53. The highest BCUT2D eigenvalue weighted by atomic mass is 79.9. The molecular formula is C15H13BrN4O3. The first-order chi connectivity index (χ1) is 11.1. The lowest BCUT2D eigenvalue weighted by Gasteiger charge is -2.13. The summed E-state index contributed by atoms with van der Waals surface area (Å²) in [7, 11) is 0. The van der Waals surface area contributed by atoms with Crippen molar-refractivity contribution >= 4 is 27.9 Å². The van der Waals surface area contributed by atoms with Gasteiger partial charge in [0.15, 0.2) is 0 Å². The molecule has 3 amide bonds. The molecule has 0 saturated carbocycles. The lowest BCUT2D eigenvalue weighted by Crippen LogP contribution is -2.32. The second-order valence-corrected chi connectivity index (χ2v) is 6.48. The number of benzene rings is 1. The van der Waals surface area contributed by atoms with Crippen molar-refractivity contribution in [3.05, 3.63) is 34.6 Å². The maximum atomic E-state index is 12.3. The van der Waals surface area contributed by atoms with E-state index in [2.05, 4.69) is 26.1 Å². The molecule has 0 aliphatic carbocycles. The average Bonchev–Trinajstić information content (AvgIpc) is 3.25. The number of halogens is 1. The Morgan fingerprint density at radius 3 is 2.74 bits per heavy atom. The van der Waals surface area contributed by atoms with Gasteiger partial charge in [-0.3, -0.25) is 9.69 Å². The Morgan fingerprint density at radius 2 is 2.00 bits per heavy atom. The van der Waals surface area contributed by atoms with E-state index in [1.54, 1.807) is 4.90 Å². The van der Waals surface area contributed by atoms with E-state index in [4.69, 9.17) is 4.42 Å². The van der Waals surface area contributed by atoms with E-state index < -0.39 is 0 Å². The fourth-order valence-corrected chi connectivity index (χ4v) is 3.25. The van der Waals surface area contributed by atoms with Gasteiger partial charge in [0.05, 0.1) is 0 Å². The number of nitrogens with zero attached hydrogens (tertiary/aromatic N) is 4. The molecule has 118 valence electrons. The molecule has 0 spiro atoms. The molecule has 3 heterocycles. The van der Waals surface area contributed by atoms with Crippen molar-refractivity contribution in [2.45, 2.75) is 25.4 Å². The van der Waals surface area contributed by atoms with Crippen LogP contribution in [0.15, 0.2) is 33.2 Å². The number of amides is 3. The largest absolute Gasteiger partial charge is 0.419 e. The summed E-state index contributed by atoms with van der Waals surface area (Å²) in [6, 6.07) is 6.88. The number of imide groups is 1. The van der Waals surface area contributed by atoms with E-state index in [9.17, 15) is 9.59 Å². The molecule has 4 rings (SSSR count). The first-order valence-electron chi connectivity index (χ1n) is 7.34. The van der Waals surface area contributed by atoms with Gasteiger partial charge < -0.3 is 9.32 Å². The molecule has 2 fully saturated rings. The zero-order valence-electron chi connectivity index (χ0n) is 12.1. The summed E-state index contributed by atoms with van der Waals surface area (Å²) in [5.41, 5.74) is 0.784. The maximum absolute atomic E-state index is 12.3. The van der Waals surface area contributed by atoms with Crippen molar-refractivity contribution in [3.63, 3.8) is 0 Å². The van der Waals surface area contributed by atoms with Gasteiger partial charge in [0.25, 0.3) is 5.91 Å². The number of rotatable bonds is 3. The molecule has 0 N–H and O–H groups in total. The molecule has 0 radical (unpaired) electrons. The Bertz CT molecular complexity index is 751. The van der Waals surface area contributed by atoms with E-state index in [1.165, 1.54) is 4.90 Å². The zero-order valence-corrected chi connectivity index (χ0v) is 13.7. The van der Waals surface area contributed by atoms with Gasteiger partial charge in [0.2, 0.25) is 11.8 Å². The Hall–Kier alpha value is -2.22. The van der Waals surface area contributed by atoms with E-state index in [-0.39, 0.29) is 30.4 Å². The minimum Gasteiger partial charge on any atom is -0.419 e. The monoisotopic (exact) mass is 376 g/mol. The molecule has 1 aromatic heterocycles.